The Morgan fingerprint density at radius 1 is 1.56 bits per heavy atom. The fourth-order valence-corrected chi connectivity index (χ4v) is 1.74. The van der Waals surface area contributed by atoms with E-state index in [2.05, 4.69) is 5.32 Å². The zero-order valence-electron chi connectivity index (χ0n) is 9.44. The maximum atomic E-state index is 11.1. The first-order valence-corrected chi connectivity index (χ1v) is 5.37. The number of morpholine rings is 1. The molecule has 1 amide bonds. The minimum Gasteiger partial charge on any atom is -0.481 e. The van der Waals surface area contributed by atoms with Gasteiger partial charge >= 0.3 is 5.97 Å². The Hall–Kier alpha value is -1.14. The van der Waals surface area contributed by atoms with Crippen molar-refractivity contribution in [3.63, 3.8) is 0 Å². The molecule has 1 unspecified atom stereocenters. The molecule has 0 aromatic heterocycles. The Labute approximate surface area is 94.6 Å². The van der Waals surface area contributed by atoms with Crippen LogP contribution in [0.5, 0.6) is 0 Å². The van der Waals surface area contributed by atoms with Crippen molar-refractivity contribution in [3.05, 3.63) is 0 Å². The van der Waals surface area contributed by atoms with Gasteiger partial charge in [0.05, 0.1) is 19.6 Å². The number of carboxylic acids is 1. The van der Waals surface area contributed by atoms with E-state index in [4.69, 9.17) is 9.84 Å². The normalized spacial score (nSPS) is 21.7. The van der Waals surface area contributed by atoms with Crippen LogP contribution in [0.3, 0.4) is 0 Å². The van der Waals surface area contributed by atoms with Gasteiger partial charge in [-0.3, -0.25) is 14.5 Å². The molecule has 6 nitrogen and oxygen atoms in total. The van der Waals surface area contributed by atoms with Crippen molar-refractivity contribution in [1.29, 1.82) is 0 Å². The summed E-state index contributed by atoms with van der Waals surface area (Å²) in [5.41, 5.74) is 0. The van der Waals surface area contributed by atoms with Crippen molar-refractivity contribution < 1.29 is 19.4 Å². The molecule has 1 fully saturated rings. The van der Waals surface area contributed by atoms with Gasteiger partial charge in [0.1, 0.15) is 0 Å². The summed E-state index contributed by atoms with van der Waals surface area (Å²) < 4.78 is 5.24. The van der Waals surface area contributed by atoms with Crippen LogP contribution >= 0.6 is 0 Å². The molecular weight excluding hydrogens is 212 g/mol. The highest BCUT2D eigenvalue weighted by molar-refractivity contribution is 5.75. The Bertz CT molecular complexity index is 257. The average molecular weight is 230 g/mol. The van der Waals surface area contributed by atoms with Crippen molar-refractivity contribution in [3.8, 4) is 0 Å². The molecule has 0 bridgehead atoms. The number of ether oxygens (including phenoxy) is 1. The lowest BCUT2D eigenvalue weighted by molar-refractivity contribution is -0.140. The Morgan fingerprint density at radius 2 is 2.31 bits per heavy atom. The van der Waals surface area contributed by atoms with Gasteiger partial charge in [-0.25, -0.2) is 0 Å². The smallest absolute Gasteiger partial charge is 0.305 e. The third-order valence-corrected chi connectivity index (χ3v) is 2.66. The number of amides is 1. The number of hydrogen-bond donors (Lipinski definition) is 2. The fraction of sp³-hybridized carbons (Fsp3) is 0.800. The summed E-state index contributed by atoms with van der Waals surface area (Å²) in [4.78, 5) is 23.8. The highest BCUT2D eigenvalue weighted by atomic mass is 16.5. The summed E-state index contributed by atoms with van der Waals surface area (Å²) >= 11 is 0. The second-order valence-corrected chi connectivity index (χ2v) is 3.79. The number of hydrogen-bond acceptors (Lipinski definition) is 4. The van der Waals surface area contributed by atoms with Crippen molar-refractivity contribution in [2.75, 3.05) is 33.4 Å². The molecule has 2 N–H and O–H groups in total. The summed E-state index contributed by atoms with van der Waals surface area (Å²) in [6.45, 7) is 2.31. The molecule has 1 saturated heterocycles. The van der Waals surface area contributed by atoms with Crippen LogP contribution in [-0.2, 0) is 14.3 Å². The second-order valence-electron chi connectivity index (χ2n) is 3.79. The molecule has 1 aliphatic rings. The molecule has 0 saturated carbocycles. The van der Waals surface area contributed by atoms with Crippen molar-refractivity contribution in [2.24, 2.45) is 0 Å². The highest BCUT2D eigenvalue weighted by Crippen LogP contribution is 2.10. The standard InChI is InChI=1S/C10H18N2O4/c1-11-9(13)2-3-12-4-5-16-7-8(12)6-10(14)15/h8H,2-7H2,1H3,(H,11,13)(H,14,15). The number of rotatable bonds is 5. The molecule has 1 heterocycles. The molecule has 0 spiro atoms. The zero-order chi connectivity index (χ0) is 12.0. The van der Waals surface area contributed by atoms with Crippen LogP contribution < -0.4 is 5.32 Å². The van der Waals surface area contributed by atoms with E-state index in [0.29, 0.717) is 32.7 Å². The van der Waals surface area contributed by atoms with Gasteiger partial charge in [0.2, 0.25) is 5.91 Å². The van der Waals surface area contributed by atoms with Crippen LogP contribution in [-0.4, -0.2) is 61.3 Å². The summed E-state index contributed by atoms with van der Waals surface area (Å²) in [5.74, 6) is -0.860. The SMILES string of the molecule is CNC(=O)CCN1CCOCC1CC(=O)O. The molecular formula is C10H18N2O4. The number of carbonyl (C=O) groups is 2. The van der Waals surface area contributed by atoms with E-state index in [-0.39, 0.29) is 18.4 Å². The average Bonchev–Trinajstić information content (AvgIpc) is 2.26. The van der Waals surface area contributed by atoms with Crippen LogP contribution in [0.2, 0.25) is 0 Å². The molecule has 0 radical (unpaired) electrons. The molecule has 0 aliphatic carbocycles. The maximum absolute atomic E-state index is 11.1. The van der Waals surface area contributed by atoms with Crippen LogP contribution in [0.15, 0.2) is 0 Å². The molecule has 6 heteroatoms. The first-order chi connectivity index (χ1) is 7.63. The summed E-state index contributed by atoms with van der Waals surface area (Å²) in [5, 5.41) is 11.3. The highest BCUT2D eigenvalue weighted by Gasteiger charge is 2.25. The lowest BCUT2D eigenvalue weighted by atomic mass is 10.1. The zero-order valence-corrected chi connectivity index (χ0v) is 9.44. The summed E-state index contributed by atoms with van der Waals surface area (Å²) in [7, 11) is 1.59. The van der Waals surface area contributed by atoms with Gasteiger partial charge in [0.15, 0.2) is 0 Å². The first kappa shape index (κ1) is 12.9. The number of carbonyl (C=O) groups excluding carboxylic acids is 1. The third-order valence-electron chi connectivity index (χ3n) is 2.66. The van der Waals surface area contributed by atoms with Gasteiger partial charge in [0, 0.05) is 32.6 Å². The fourth-order valence-electron chi connectivity index (χ4n) is 1.74. The van der Waals surface area contributed by atoms with Gasteiger partial charge in [-0.1, -0.05) is 0 Å². The first-order valence-electron chi connectivity index (χ1n) is 5.37. The minimum atomic E-state index is -0.833. The lowest BCUT2D eigenvalue weighted by Gasteiger charge is -2.34. The van der Waals surface area contributed by atoms with E-state index >= 15 is 0 Å². The van der Waals surface area contributed by atoms with Crippen molar-refractivity contribution in [1.82, 2.24) is 10.2 Å². The molecule has 0 aromatic rings. The quantitative estimate of drug-likeness (QED) is 0.653. The van der Waals surface area contributed by atoms with Crippen molar-refractivity contribution >= 4 is 11.9 Å². The van der Waals surface area contributed by atoms with E-state index in [0.717, 1.165) is 0 Å². The third kappa shape index (κ3) is 4.16. The van der Waals surface area contributed by atoms with Crippen LogP contribution in [0.25, 0.3) is 0 Å². The van der Waals surface area contributed by atoms with E-state index in [1.165, 1.54) is 0 Å². The molecule has 1 rings (SSSR count). The molecule has 16 heavy (non-hydrogen) atoms. The second kappa shape index (κ2) is 6.44. The van der Waals surface area contributed by atoms with E-state index in [1.807, 2.05) is 4.90 Å². The Morgan fingerprint density at radius 3 is 2.94 bits per heavy atom. The van der Waals surface area contributed by atoms with Crippen LogP contribution in [0, 0.1) is 0 Å². The van der Waals surface area contributed by atoms with Gasteiger partial charge in [-0.2, -0.15) is 0 Å². The van der Waals surface area contributed by atoms with E-state index in [9.17, 15) is 9.59 Å². The molecule has 1 atom stereocenters. The number of aliphatic carboxylic acids is 1. The van der Waals surface area contributed by atoms with Crippen molar-refractivity contribution in [2.45, 2.75) is 18.9 Å². The summed E-state index contributed by atoms with van der Waals surface area (Å²) in [6.07, 6.45) is 0.459. The topological polar surface area (TPSA) is 78.9 Å². The van der Waals surface area contributed by atoms with Gasteiger partial charge in [0.25, 0.3) is 0 Å². The minimum absolute atomic E-state index is 0.0273. The lowest BCUT2D eigenvalue weighted by Crippen LogP contribution is -2.47. The number of nitrogens with one attached hydrogen (secondary N) is 1. The monoisotopic (exact) mass is 230 g/mol. The largest absolute Gasteiger partial charge is 0.481 e. The number of nitrogens with zero attached hydrogens (tertiary/aromatic N) is 1. The summed E-state index contributed by atoms with van der Waals surface area (Å²) in [6, 6.07) is -0.115. The van der Waals surface area contributed by atoms with Crippen LogP contribution in [0.1, 0.15) is 12.8 Å². The predicted molar refractivity (Wildman–Crippen MR) is 57.1 cm³/mol. The van der Waals surface area contributed by atoms with Gasteiger partial charge in [-0.15, -0.1) is 0 Å². The van der Waals surface area contributed by atoms with E-state index in [1.54, 1.807) is 7.05 Å². The van der Waals surface area contributed by atoms with Crippen LogP contribution in [0.4, 0.5) is 0 Å². The maximum Gasteiger partial charge on any atom is 0.305 e. The van der Waals surface area contributed by atoms with Gasteiger partial charge < -0.3 is 15.2 Å². The number of carboxylic acid groups (broad SMARTS) is 1. The predicted octanol–water partition coefficient (Wildman–Crippen LogP) is -0.702. The molecule has 0 aromatic carbocycles. The Kier molecular flexibility index (Phi) is 5.21. The van der Waals surface area contributed by atoms with E-state index < -0.39 is 5.97 Å². The molecule has 92 valence electrons. The van der Waals surface area contributed by atoms with Gasteiger partial charge in [-0.05, 0) is 0 Å². The molecule has 1 aliphatic heterocycles. The Balaban J connectivity index is 2.40.